The first-order chi connectivity index (χ1) is 8.54. The fourth-order valence-electron chi connectivity index (χ4n) is 2.88. The number of aryl methyl sites for hydroxylation is 1. The van der Waals surface area contributed by atoms with Crippen molar-refractivity contribution in [3.8, 4) is 0 Å². The van der Waals surface area contributed by atoms with Crippen LogP contribution < -0.4 is 5.73 Å². The van der Waals surface area contributed by atoms with Gasteiger partial charge in [0.15, 0.2) is 0 Å². The molecule has 0 bridgehead atoms. The van der Waals surface area contributed by atoms with Gasteiger partial charge in [0.25, 0.3) is 0 Å². The predicted molar refractivity (Wildman–Crippen MR) is 74.1 cm³/mol. The lowest BCUT2D eigenvalue weighted by Gasteiger charge is -2.33. The van der Waals surface area contributed by atoms with Crippen molar-refractivity contribution in [1.29, 1.82) is 0 Å². The largest absolute Gasteiger partial charge is 0.384 e. The van der Waals surface area contributed by atoms with E-state index in [1.807, 2.05) is 13.0 Å². The molecule has 2 rings (SSSR count). The SMILES string of the molecule is Cc1cc(N)nc(CN(C)C2CCCC(C)C2)n1. The third kappa shape index (κ3) is 3.42. The third-order valence-corrected chi connectivity index (χ3v) is 3.84. The van der Waals surface area contributed by atoms with Crippen LogP contribution in [0.2, 0.25) is 0 Å². The Kier molecular flexibility index (Phi) is 4.17. The number of nitrogens with two attached hydrogens (primary N) is 1. The first kappa shape index (κ1) is 13.3. The molecule has 0 amide bonds. The van der Waals surface area contributed by atoms with Crippen molar-refractivity contribution in [2.24, 2.45) is 5.92 Å². The van der Waals surface area contributed by atoms with Crippen molar-refractivity contribution in [3.05, 3.63) is 17.6 Å². The molecule has 2 atom stereocenters. The highest BCUT2D eigenvalue weighted by Crippen LogP contribution is 2.27. The van der Waals surface area contributed by atoms with Gasteiger partial charge < -0.3 is 5.73 Å². The summed E-state index contributed by atoms with van der Waals surface area (Å²) < 4.78 is 0. The van der Waals surface area contributed by atoms with Crippen LogP contribution in [0.5, 0.6) is 0 Å². The topological polar surface area (TPSA) is 55.0 Å². The van der Waals surface area contributed by atoms with E-state index in [-0.39, 0.29) is 0 Å². The van der Waals surface area contributed by atoms with E-state index in [1.165, 1.54) is 25.7 Å². The Morgan fingerprint density at radius 1 is 1.39 bits per heavy atom. The second kappa shape index (κ2) is 5.65. The Bertz CT molecular complexity index is 385. The first-order valence-electron chi connectivity index (χ1n) is 6.85. The fraction of sp³-hybridized carbons (Fsp3) is 0.714. The Morgan fingerprint density at radius 3 is 2.83 bits per heavy atom. The normalized spacial score (nSPS) is 24.4. The Balaban J connectivity index is 1.99. The second-order valence-corrected chi connectivity index (χ2v) is 5.69. The molecule has 4 heteroatoms. The molecule has 0 aliphatic heterocycles. The summed E-state index contributed by atoms with van der Waals surface area (Å²) in [6.07, 6.45) is 5.30. The highest BCUT2D eigenvalue weighted by Gasteiger charge is 2.22. The van der Waals surface area contributed by atoms with E-state index in [9.17, 15) is 0 Å². The van der Waals surface area contributed by atoms with Crippen LogP contribution in [-0.2, 0) is 6.54 Å². The average molecular weight is 248 g/mol. The van der Waals surface area contributed by atoms with Gasteiger partial charge in [0.05, 0.1) is 6.54 Å². The van der Waals surface area contributed by atoms with Gasteiger partial charge in [0, 0.05) is 17.8 Å². The van der Waals surface area contributed by atoms with Gasteiger partial charge in [-0.2, -0.15) is 0 Å². The summed E-state index contributed by atoms with van der Waals surface area (Å²) >= 11 is 0. The second-order valence-electron chi connectivity index (χ2n) is 5.69. The van der Waals surface area contributed by atoms with E-state index in [1.54, 1.807) is 0 Å². The minimum absolute atomic E-state index is 0.572. The van der Waals surface area contributed by atoms with Crippen molar-refractivity contribution in [3.63, 3.8) is 0 Å². The van der Waals surface area contributed by atoms with Gasteiger partial charge in [-0.3, -0.25) is 4.90 Å². The highest BCUT2D eigenvalue weighted by molar-refractivity contribution is 5.29. The molecule has 0 saturated heterocycles. The molecule has 1 aromatic rings. The molecule has 0 spiro atoms. The lowest BCUT2D eigenvalue weighted by atomic mass is 9.86. The van der Waals surface area contributed by atoms with Crippen molar-refractivity contribution in [2.45, 2.75) is 52.1 Å². The number of nitrogen functional groups attached to an aromatic ring is 1. The molecular formula is C14H24N4. The van der Waals surface area contributed by atoms with E-state index in [0.29, 0.717) is 11.9 Å². The fourth-order valence-corrected chi connectivity index (χ4v) is 2.88. The van der Waals surface area contributed by atoms with Gasteiger partial charge in [-0.25, -0.2) is 9.97 Å². The lowest BCUT2D eigenvalue weighted by molar-refractivity contribution is 0.154. The zero-order valence-corrected chi connectivity index (χ0v) is 11.7. The van der Waals surface area contributed by atoms with Crippen molar-refractivity contribution in [1.82, 2.24) is 14.9 Å². The monoisotopic (exact) mass is 248 g/mol. The predicted octanol–water partition coefficient (Wildman–Crippen LogP) is 2.38. The van der Waals surface area contributed by atoms with Crippen LogP contribution in [-0.4, -0.2) is 28.0 Å². The molecule has 18 heavy (non-hydrogen) atoms. The highest BCUT2D eigenvalue weighted by atomic mass is 15.2. The van der Waals surface area contributed by atoms with Crippen molar-refractivity contribution in [2.75, 3.05) is 12.8 Å². The Morgan fingerprint density at radius 2 is 2.17 bits per heavy atom. The number of hydrogen-bond acceptors (Lipinski definition) is 4. The molecule has 1 fully saturated rings. The average Bonchev–Trinajstić information content (AvgIpc) is 2.27. The molecule has 1 aliphatic carbocycles. The molecule has 0 aromatic carbocycles. The maximum atomic E-state index is 5.77. The zero-order valence-electron chi connectivity index (χ0n) is 11.7. The molecule has 1 saturated carbocycles. The first-order valence-corrected chi connectivity index (χ1v) is 6.85. The molecule has 1 aromatic heterocycles. The van der Waals surface area contributed by atoms with E-state index in [0.717, 1.165) is 24.0 Å². The lowest BCUT2D eigenvalue weighted by Crippen LogP contribution is -2.35. The summed E-state index contributed by atoms with van der Waals surface area (Å²) in [5.41, 5.74) is 6.71. The summed E-state index contributed by atoms with van der Waals surface area (Å²) in [4.78, 5) is 11.1. The number of anilines is 1. The van der Waals surface area contributed by atoms with E-state index in [4.69, 9.17) is 5.73 Å². The van der Waals surface area contributed by atoms with Crippen LogP contribution in [0.15, 0.2) is 6.07 Å². The van der Waals surface area contributed by atoms with Crippen LogP contribution in [0.25, 0.3) is 0 Å². The van der Waals surface area contributed by atoms with Gasteiger partial charge in [-0.1, -0.05) is 19.8 Å². The third-order valence-electron chi connectivity index (χ3n) is 3.84. The van der Waals surface area contributed by atoms with Gasteiger partial charge in [0.1, 0.15) is 11.6 Å². The van der Waals surface area contributed by atoms with Crippen LogP contribution in [0, 0.1) is 12.8 Å². The van der Waals surface area contributed by atoms with Crippen LogP contribution >= 0.6 is 0 Å². The summed E-state index contributed by atoms with van der Waals surface area (Å²) in [6, 6.07) is 2.48. The molecular weight excluding hydrogens is 224 g/mol. The van der Waals surface area contributed by atoms with E-state index < -0.39 is 0 Å². The molecule has 100 valence electrons. The summed E-state index contributed by atoms with van der Waals surface area (Å²) in [7, 11) is 2.17. The van der Waals surface area contributed by atoms with E-state index in [2.05, 4.69) is 28.8 Å². The quantitative estimate of drug-likeness (QED) is 0.892. The van der Waals surface area contributed by atoms with Gasteiger partial charge >= 0.3 is 0 Å². The van der Waals surface area contributed by atoms with E-state index >= 15 is 0 Å². The van der Waals surface area contributed by atoms with Crippen LogP contribution in [0.3, 0.4) is 0 Å². The number of nitrogens with zero attached hydrogens (tertiary/aromatic N) is 3. The van der Waals surface area contributed by atoms with Gasteiger partial charge in [-0.15, -0.1) is 0 Å². The number of hydrogen-bond donors (Lipinski definition) is 1. The smallest absolute Gasteiger partial charge is 0.144 e. The van der Waals surface area contributed by atoms with Gasteiger partial charge in [0.2, 0.25) is 0 Å². The Hall–Kier alpha value is -1.16. The summed E-state index contributed by atoms with van der Waals surface area (Å²) in [6.45, 7) is 5.11. The van der Waals surface area contributed by atoms with Gasteiger partial charge in [-0.05, 0) is 32.7 Å². The summed E-state index contributed by atoms with van der Waals surface area (Å²) in [5, 5.41) is 0. The number of aromatic nitrogens is 2. The minimum atomic E-state index is 0.572. The maximum absolute atomic E-state index is 5.77. The molecule has 2 N–H and O–H groups in total. The zero-order chi connectivity index (χ0) is 13.1. The maximum Gasteiger partial charge on any atom is 0.144 e. The van der Waals surface area contributed by atoms with Crippen molar-refractivity contribution < 1.29 is 0 Å². The van der Waals surface area contributed by atoms with Crippen LogP contribution in [0.4, 0.5) is 5.82 Å². The standard InChI is InChI=1S/C14H24N4/c1-10-5-4-6-12(7-10)18(3)9-14-16-11(2)8-13(15)17-14/h8,10,12H,4-7,9H2,1-3H3,(H2,15,16,17). The summed E-state index contributed by atoms with van der Waals surface area (Å²) in [5.74, 6) is 2.26. The minimum Gasteiger partial charge on any atom is -0.384 e. The molecule has 2 unspecified atom stereocenters. The van der Waals surface area contributed by atoms with Crippen LogP contribution in [0.1, 0.15) is 44.1 Å². The Labute approximate surface area is 110 Å². The molecule has 1 heterocycles. The molecule has 0 radical (unpaired) electrons. The molecule has 1 aliphatic rings. The molecule has 4 nitrogen and oxygen atoms in total. The number of rotatable bonds is 3. The van der Waals surface area contributed by atoms with Crippen molar-refractivity contribution >= 4 is 5.82 Å².